The van der Waals surface area contributed by atoms with Crippen molar-refractivity contribution < 1.29 is 0 Å². The molecule has 0 aliphatic rings. The standard InChI is InChI=1S/C26H20N4/c1-3-9-19(10-4-1)17-28-26-24-22(20-11-5-2-6-12-20)14-7-15-23(24)29-25(30-26)21-13-8-16-27-18-21/h1-16,18H,17H2,(H,28,29,30). The molecule has 1 N–H and O–H groups in total. The van der Waals surface area contributed by atoms with Crippen molar-refractivity contribution in [3.8, 4) is 22.5 Å². The minimum absolute atomic E-state index is 0.663. The lowest BCUT2D eigenvalue weighted by atomic mass is 10.0. The first kappa shape index (κ1) is 18.0. The highest BCUT2D eigenvalue weighted by Crippen LogP contribution is 2.34. The van der Waals surface area contributed by atoms with Gasteiger partial charge in [0.2, 0.25) is 0 Å². The molecule has 2 aromatic heterocycles. The zero-order valence-electron chi connectivity index (χ0n) is 16.4. The van der Waals surface area contributed by atoms with Crippen LogP contribution in [0, 0.1) is 0 Å². The van der Waals surface area contributed by atoms with E-state index in [9.17, 15) is 0 Å². The number of pyridine rings is 1. The van der Waals surface area contributed by atoms with Crippen LogP contribution in [0.2, 0.25) is 0 Å². The molecule has 0 radical (unpaired) electrons. The monoisotopic (exact) mass is 388 g/mol. The van der Waals surface area contributed by atoms with Gasteiger partial charge in [0.1, 0.15) is 5.82 Å². The molecule has 4 nitrogen and oxygen atoms in total. The van der Waals surface area contributed by atoms with Crippen LogP contribution >= 0.6 is 0 Å². The number of fused-ring (bicyclic) bond motifs is 1. The summed E-state index contributed by atoms with van der Waals surface area (Å²) in [5.74, 6) is 1.48. The van der Waals surface area contributed by atoms with E-state index in [-0.39, 0.29) is 0 Å². The average Bonchev–Trinajstić information content (AvgIpc) is 2.83. The number of anilines is 1. The molecule has 0 aliphatic carbocycles. The van der Waals surface area contributed by atoms with Crippen molar-refractivity contribution in [2.45, 2.75) is 6.54 Å². The van der Waals surface area contributed by atoms with Crippen molar-refractivity contribution in [2.24, 2.45) is 0 Å². The highest BCUT2D eigenvalue weighted by Gasteiger charge is 2.14. The molecule has 2 heterocycles. The first-order valence-electron chi connectivity index (χ1n) is 9.93. The summed E-state index contributed by atoms with van der Waals surface area (Å²) in [6.45, 7) is 0.683. The molecule has 0 unspecified atom stereocenters. The molecule has 30 heavy (non-hydrogen) atoms. The number of hydrogen-bond donors (Lipinski definition) is 1. The summed E-state index contributed by atoms with van der Waals surface area (Å²) in [5, 5.41) is 4.57. The van der Waals surface area contributed by atoms with Gasteiger partial charge in [-0.05, 0) is 34.9 Å². The molecule has 5 aromatic rings. The molecular weight excluding hydrogens is 368 g/mol. The molecule has 5 rings (SSSR count). The van der Waals surface area contributed by atoms with Crippen LogP contribution in [0.5, 0.6) is 0 Å². The zero-order valence-corrected chi connectivity index (χ0v) is 16.4. The maximum atomic E-state index is 4.91. The van der Waals surface area contributed by atoms with Gasteiger partial charge >= 0.3 is 0 Å². The SMILES string of the molecule is c1ccc(CNc2nc(-c3cccnc3)nc3cccc(-c4ccccc4)c23)cc1. The highest BCUT2D eigenvalue weighted by molar-refractivity contribution is 6.02. The van der Waals surface area contributed by atoms with Crippen LogP contribution in [0.25, 0.3) is 33.4 Å². The summed E-state index contributed by atoms with van der Waals surface area (Å²) >= 11 is 0. The van der Waals surface area contributed by atoms with E-state index < -0.39 is 0 Å². The normalized spacial score (nSPS) is 10.8. The second-order valence-electron chi connectivity index (χ2n) is 7.04. The zero-order chi connectivity index (χ0) is 20.2. The van der Waals surface area contributed by atoms with E-state index in [1.807, 2.05) is 48.5 Å². The van der Waals surface area contributed by atoms with Crippen molar-refractivity contribution in [3.05, 3.63) is 109 Å². The Kier molecular flexibility index (Phi) is 4.88. The van der Waals surface area contributed by atoms with E-state index in [0.29, 0.717) is 12.4 Å². The summed E-state index contributed by atoms with van der Waals surface area (Å²) in [6, 6.07) is 30.8. The molecular formula is C26H20N4. The summed E-state index contributed by atoms with van der Waals surface area (Å²) in [5.41, 5.74) is 5.25. The largest absolute Gasteiger partial charge is 0.365 e. The van der Waals surface area contributed by atoms with Crippen LogP contribution in [0.15, 0.2) is 103 Å². The van der Waals surface area contributed by atoms with Gasteiger partial charge in [0.05, 0.1) is 10.9 Å². The summed E-state index contributed by atoms with van der Waals surface area (Å²) in [4.78, 5) is 14.0. The first-order valence-corrected chi connectivity index (χ1v) is 9.93. The van der Waals surface area contributed by atoms with Gasteiger partial charge < -0.3 is 5.32 Å². The van der Waals surface area contributed by atoms with E-state index in [0.717, 1.165) is 33.4 Å². The smallest absolute Gasteiger partial charge is 0.163 e. The van der Waals surface area contributed by atoms with Crippen LogP contribution in [-0.4, -0.2) is 15.0 Å². The summed E-state index contributed by atoms with van der Waals surface area (Å²) in [6.07, 6.45) is 3.55. The molecule has 3 aromatic carbocycles. The molecule has 0 saturated carbocycles. The van der Waals surface area contributed by atoms with Crippen molar-refractivity contribution in [3.63, 3.8) is 0 Å². The fourth-order valence-corrected chi connectivity index (χ4v) is 3.58. The van der Waals surface area contributed by atoms with Crippen LogP contribution in [0.3, 0.4) is 0 Å². The maximum Gasteiger partial charge on any atom is 0.163 e. The number of benzene rings is 3. The van der Waals surface area contributed by atoms with Crippen molar-refractivity contribution in [1.82, 2.24) is 15.0 Å². The van der Waals surface area contributed by atoms with Gasteiger partial charge in [0.15, 0.2) is 5.82 Å². The highest BCUT2D eigenvalue weighted by atomic mass is 15.0. The molecule has 0 saturated heterocycles. The van der Waals surface area contributed by atoms with Gasteiger partial charge in [0.25, 0.3) is 0 Å². The van der Waals surface area contributed by atoms with E-state index in [1.165, 1.54) is 5.56 Å². The lowest BCUT2D eigenvalue weighted by Gasteiger charge is -2.14. The minimum Gasteiger partial charge on any atom is -0.365 e. The van der Waals surface area contributed by atoms with Crippen LogP contribution < -0.4 is 5.32 Å². The van der Waals surface area contributed by atoms with Crippen molar-refractivity contribution in [2.75, 3.05) is 5.32 Å². The molecule has 0 aliphatic heterocycles. The Hall–Kier alpha value is -4.05. The molecule has 0 amide bonds. The summed E-state index contributed by atoms with van der Waals surface area (Å²) in [7, 11) is 0. The van der Waals surface area contributed by atoms with Crippen LogP contribution in [0.1, 0.15) is 5.56 Å². The molecule has 0 fully saturated rings. The van der Waals surface area contributed by atoms with E-state index in [1.54, 1.807) is 12.4 Å². The molecule has 0 spiro atoms. The fourth-order valence-electron chi connectivity index (χ4n) is 3.58. The predicted molar refractivity (Wildman–Crippen MR) is 122 cm³/mol. The van der Waals surface area contributed by atoms with E-state index in [4.69, 9.17) is 9.97 Å². The molecule has 0 bridgehead atoms. The second-order valence-corrected chi connectivity index (χ2v) is 7.04. The predicted octanol–water partition coefficient (Wildman–Crippen LogP) is 5.97. The third kappa shape index (κ3) is 3.63. The fraction of sp³-hybridized carbons (Fsp3) is 0.0385. The number of nitrogens with zero attached hydrogens (tertiary/aromatic N) is 3. The quantitative estimate of drug-likeness (QED) is 0.403. The average molecular weight is 388 g/mol. The Morgan fingerprint density at radius 2 is 1.43 bits per heavy atom. The Morgan fingerprint density at radius 3 is 2.20 bits per heavy atom. The molecule has 4 heteroatoms. The molecule has 144 valence electrons. The second kappa shape index (κ2) is 8.13. The Balaban J connectivity index is 1.68. The van der Waals surface area contributed by atoms with E-state index in [2.05, 4.69) is 52.8 Å². The minimum atomic E-state index is 0.663. The van der Waals surface area contributed by atoms with Crippen LogP contribution in [0.4, 0.5) is 5.82 Å². The number of rotatable bonds is 5. The molecule has 0 atom stereocenters. The van der Waals surface area contributed by atoms with Gasteiger partial charge in [-0.3, -0.25) is 4.98 Å². The van der Waals surface area contributed by atoms with Crippen molar-refractivity contribution >= 4 is 16.7 Å². The summed E-state index contributed by atoms with van der Waals surface area (Å²) < 4.78 is 0. The van der Waals surface area contributed by atoms with Crippen molar-refractivity contribution in [1.29, 1.82) is 0 Å². The van der Waals surface area contributed by atoms with E-state index >= 15 is 0 Å². The van der Waals surface area contributed by atoms with Gasteiger partial charge in [-0.15, -0.1) is 0 Å². The lowest BCUT2D eigenvalue weighted by molar-refractivity contribution is 1.10. The number of hydrogen-bond acceptors (Lipinski definition) is 4. The van der Waals surface area contributed by atoms with Gasteiger partial charge in [0, 0.05) is 24.5 Å². The number of aromatic nitrogens is 3. The topological polar surface area (TPSA) is 50.7 Å². The Bertz CT molecular complexity index is 1270. The third-order valence-electron chi connectivity index (χ3n) is 5.03. The van der Waals surface area contributed by atoms with Gasteiger partial charge in [-0.2, -0.15) is 0 Å². The Morgan fingerprint density at radius 1 is 0.667 bits per heavy atom. The van der Waals surface area contributed by atoms with Crippen LogP contribution in [-0.2, 0) is 6.54 Å². The van der Waals surface area contributed by atoms with Gasteiger partial charge in [-0.1, -0.05) is 72.8 Å². The third-order valence-corrected chi connectivity index (χ3v) is 5.03. The van der Waals surface area contributed by atoms with Gasteiger partial charge in [-0.25, -0.2) is 9.97 Å². The lowest BCUT2D eigenvalue weighted by Crippen LogP contribution is -2.05. The maximum absolute atomic E-state index is 4.91. The number of nitrogens with one attached hydrogen (secondary N) is 1. The Labute approximate surface area is 175 Å². The first-order chi connectivity index (χ1) is 14.9.